The predicted molar refractivity (Wildman–Crippen MR) is 104 cm³/mol. The number of urea groups is 1. The van der Waals surface area contributed by atoms with Crippen molar-refractivity contribution in [2.75, 3.05) is 4.90 Å². The molecular weight excluding hydrogens is 342 g/mol. The zero-order chi connectivity index (χ0) is 19.1. The number of aromatic nitrogens is 1. The zero-order valence-corrected chi connectivity index (χ0v) is 15.0. The number of rotatable bonds is 2. The number of para-hydroxylation sites is 1. The summed E-state index contributed by atoms with van der Waals surface area (Å²) >= 11 is 0. The molecule has 6 nitrogen and oxygen atoms in total. The number of aliphatic hydroxyl groups excluding tert-OH is 1. The molecule has 4 rings (SSSR count). The van der Waals surface area contributed by atoms with Gasteiger partial charge in [-0.2, -0.15) is 0 Å². The molecule has 27 heavy (non-hydrogen) atoms. The molecule has 2 aromatic carbocycles. The second-order valence-electron chi connectivity index (χ2n) is 6.65. The number of aryl methyl sites for hydroxylation is 2. The van der Waals surface area contributed by atoms with Crippen molar-refractivity contribution >= 4 is 34.6 Å². The molecule has 1 saturated heterocycles. The van der Waals surface area contributed by atoms with E-state index in [-0.39, 0.29) is 5.57 Å². The van der Waals surface area contributed by atoms with Gasteiger partial charge in [-0.25, -0.2) is 4.79 Å². The fraction of sp³-hybridized carbons (Fsp3) is 0.143. The second kappa shape index (κ2) is 6.41. The third-order valence-electron chi connectivity index (χ3n) is 4.74. The Morgan fingerprint density at radius 2 is 1.89 bits per heavy atom. The molecule has 1 aliphatic rings. The van der Waals surface area contributed by atoms with Crippen LogP contribution in [0.5, 0.6) is 0 Å². The van der Waals surface area contributed by atoms with Gasteiger partial charge in [0.05, 0.1) is 5.57 Å². The fourth-order valence-electron chi connectivity index (χ4n) is 3.43. The monoisotopic (exact) mass is 361 g/mol. The van der Waals surface area contributed by atoms with Gasteiger partial charge in [-0.15, -0.1) is 0 Å². The highest BCUT2D eigenvalue weighted by Crippen LogP contribution is 2.28. The smallest absolute Gasteiger partial charge is 0.331 e. The normalized spacial score (nSPS) is 19.0. The Kier molecular flexibility index (Phi) is 4.05. The van der Waals surface area contributed by atoms with E-state index in [0.29, 0.717) is 5.69 Å². The van der Waals surface area contributed by atoms with Crippen molar-refractivity contribution in [1.29, 1.82) is 0 Å². The number of carbonyl (C=O) groups is 2. The number of carbonyl (C=O) groups excluding carboxylic acids is 2. The van der Waals surface area contributed by atoms with Gasteiger partial charge in [0.25, 0.3) is 5.91 Å². The molecule has 3 aromatic rings. The number of fused-ring (bicyclic) bond motifs is 1. The Balaban J connectivity index is 1.80. The van der Waals surface area contributed by atoms with Gasteiger partial charge in [0.2, 0.25) is 0 Å². The predicted octanol–water partition coefficient (Wildman–Crippen LogP) is 2.94. The fourth-order valence-corrected chi connectivity index (χ4v) is 3.43. The first-order valence-electron chi connectivity index (χ1n) is 8.60. The maximum absolute atomic E-state index is 12.4. The van der Waals surface area contributed by atoms with Crippen molar-refractivity contribution in [3.05, 3.63) is 71.4 Å². The number of anilines is 1. The lowest BCUT2D eigenvalue weighted by Crippen LogP contribution is -2.56. The highest BCUT2D eigenvalue weighted by molar-refractivity contribution is 6.16. The van der Waals surface area contributed by atoms with E-state index >= 15 is 0 Å². The van der Waals surface area contributed by atoms with Crippen LogP contribution in [0.4, 0.5) is 10.5 Å². The van der Waals surface area contributed by atoms with Gasteiger partial charge in [-0.3, -0.25) is 15.0 Å². The number of imide groups is 1. The number of benzene rings is 2. The highest BCUT2D eigenvalue weighted by Gasteiger charge is 2.36. The van der Waals surface area contributed by atoms with Crippen molar-refractivity contribution in [3.8, 4) is 0 Å². The molecule has 2 N–H and O–H groups in total. The number of hydrogen-bond acceptors (Lipinski definition) is 3. The molecule has 136 valence electrons. The molecular formula is C21H19N3O3. The lowest BCUT2D eigenvalue weighted by Gasteiger charge is -2.33. The van der Waals surface area contributed by atoms with Crippen molar-refractivity contribution in [2.45, 2.75) is 13.2 Å². The van der Waals surface area contributed by atoms with Gasteiger partial charge in [-0.1, -0.05) is 30.3 Å². The molecule has 1 fully saturated rings. The van der Waals surface area contributed by atoms with Crippen molar-refractivity contribution in [3.63, 3.8) is 0 Å². The lowest BCUT2D eigenvalue weighted by molar-refractivity contribution is -0.117. The number of amides is 3. The average molecular weight is 361 g/mol. The minimum absolute atomic E-state index is 0.118. The van der Waals surface area contributed by atoms with Crippen LogP contribution in [-0.2, 0) is 11.8 Å². The van der Waals surface area contributed by atoms with Crippen molar-refractivity contribution in [2.24, 2.45) is 7.05 Å². The largest absolute Gasteiger partial charge is 0.369 e. The summed E-state index contributed by atoms with van der Waals surface area (Å²) < 4.78 is 1.96. The Labute approximate surface area is 156 Å². The quantitative estimate of drug-likeness (QED) is 0.689. The molecule has 1 unspecified atom stereocenters. The van der Waals surface area contributed by atoms with Crippen LogP contribution in [0.25, 0.3) is 17.0 Å². The van der Waals surface area contributed by atoms with Gasteiger partial charge in [0.15, 0.2) is 6.23 Å². The van der Waals surface area contributed by atoms with Gasteiger partial charge < -0.3 is 9.67 Å². The summed E-state index contributed by atoms with van der Waals surface area (Å²) in [4.78, 5) is 25.9. The van der Waals surface area contributed by atoms with Gasteiger partial charge in [0, 0.05) is 35.4 Å². The topological polar surface area (TPSA) is 74.6 Å². The summed E-state index contributed by atoms with van der Waals surface area (Å²) in [6.07, 6.45) is 2.16. The first-order valence-corrected chi connectivity index (χ1v) is 8.60. The Hall–Kier alpha value is -3.38. The summed E-state index contributed by atoms with van der Waals surface area (Å²) in [7, 11) is 1.92. The Morgan fingerprint density at radius 3 is 2.67 bits per heavy atom. The van der Waals surface area contributed by atoms with Crippen LogP contribution in [0.2, 0.25) is 0 Å². The molecule has 0 aliphatic carbocycles. The minimum atomic E-state index is -1.37. The molecule has 1 aromatic heterocycles. The molecule has 2 heterocycles. The van der Waals surface area contributed by atoms with E-state index in [1.54, 1.807) is 24.3 Å². The van der Waals surface area contributed by atoms with Crippen LogP contribution in [0, 0.1) is 6.92 Å². The van der Waals surface area contributed by atoms with Gasteiger partial charge >= 0.3 is 6.03 Å². The number of nitrogens with zero attached hydrogens (tertiary/aromatic N) is 2. The molecule has 3 amide bonds. The third-order valence-corrected chi connectivity index (χ3v) is 4.74. The van der Waals surface area contributed by atoms with E-state index in [1.165, 1.54) is 4.90 Å². The van der Waals surface area contributed by atoms with Gasteiger partial charge in [-0.05, 0) is 36.8 Å². The number of nitrogens with one attached hydrogen (secondary N) is 1. The van der Waals surface area contributed by atoms with Crippen LogP contribution in [0.3, 0.4) is 0 Å². The van der Waals surface area contributed by atoms with Crippen molar-refractivity contribution in [1.82, 2.24) is 9.88 Å². The first kappa shape index (κ1) is 17.1. The SMILES string of the molecule is Cc1cccc(N2C(=O)NC(=O)/C(=C\c3cn(C)c4ccccc34)C2O)c1. The molecule has 6 heteroatoms. The molecule has 1 aliphatic heterocycles. The van der Waals surface area contributed by atoms with E-state index in [9.17, 15) is 14.7 Å². The highest BCUT2D eigenvalue weighted by atomic mass is 16.3. The molecule has 1 atom stereocenters. The van der Waals surface area contributed by atoms with Crippen LogP contribution in [-0.4, -0.2) is 27.8 Å². The Bertz CT molecular complexity index is 1100. The lowest BCUT2D eigenvalue weighted by atomic mass is 10.0. The maximum atomic E-state index is 12.4. The summed E-state index contributed by atoms with van der Waals surface area (Å²) in [6, 6.07) is 14.4. The average Bonchev–Trinajstić information content (AvgIpc) is 2.95. The number of hydrogen-bond donors (Lipinski definition) is 2. The first-order chi connectivity index (χ1) is 13.0. The van der Waals surface area contributed by atoms with Crippen LogP contribution >= 0.6 is 0 Å². The summed E-state index contributed by atoms with van der Waals surface area (Å²) in [5.74, 6) is -0.593. The van der Waals surface area contributed by atoms with E-state index in [1.807, 2.05) is 55.1 Å². The third kappa shape index (κ3) is 2.90. The van der Waals surface area contributed by atoms with Crippen LogP contribution in [0.15, 0.2) is 60.3 Å². The molecule has 0 saturated carbocycles. The molecule has 0 radical (unpaired) electrons. The maximum Gasteiger partial charge on any atom is 0.331 e. The van der Waals surface area contributed by atoms with E-state index in [0.717, 1.165) is 22.0 Å². The van der Waals surface area contributed by atoms with E-state index in [2.05, 4.69) is 5.32 Å². The standard InChI is InChI=1S/C21H19N3O3/c1-13-6-5-7-15(10-13)24-20(26)17(19(25)22-21(24)27)11-14-12-23(2)18-9-4-3-8-16(14)18/h3-12,20,26H,1-2H3,(H,22,25,27)/b17-11+. The van der Waals surface area contributed by atoms with Crippen molar-refractivity contribution < 1.29 is 14.7 Å². The van der Waals surface area contributed by atoms with Gasteiger partial charge in [0.1, 0.15) is 0 Å². The summed E-state index contributed by atoms with van der Waals surface area (Å²) in [6.45, 7) is 1.90. The summed E-state index contributed by atoms with van der Waals surface area (Å²) in [5, 5.41) is 14.1. The van der Waals surface area contributed by atoms with E-state index < -0.39 is 18.2 Å². The summed E-state index contributed by atoms with van der Waals surface area (Å²) in [5.41, 5.74) is 3.41. The van der Waals surface area contributed by atoms with E-state index in [4.69, 9.17) is 0 Å². The Morgan fingerprint density at radius 1 is 1.11 bits per heavy atom. The number of aliphatic hydroxyl groups is 1. The van der Waals surface area contributed by atoms with Crippen LogP contribution in [0.1, 0.15) is 11.1 Å². The molecule has 0 bridgehead atoms. The zero-order valence-electron chi connectivity index (χ0n) is 15.0. The minimum Gasteiger partial charge on any atom is -0.369 e. The van der Waals surface area contributed by atoms with Crippen LogP contribution < -0.4 is 10.2 Å². The second-order valence-corrected chi connectivity index (χ2v) is 6.65. The molecule has 0 spiro atoms.